The Kier molecular flexibility index (Phi) is 4.87. The van der Waals surface area contributed by atoms with Crippen molar-refractivity contribution in [2.45, 2.75) is 0 Å². The fourth-order valence-corrected chi connectivity index (χ4v) is 7.99. The molecule has 3 nitrogen and oxygen atoms in total. The van der Waals surface area contributed by atoms with Crippen LogP contribution in [-0.4, -0.2) is 9.97 Å². The molecule has 0 radical (unpaired) electrons. The van der Waals surface area contributed by atoms with Gasteiger partial charge in [-0.05, 0) is 62.6 Å². The first kappa shape index (κ1) is 23.9. The van der Waals surface area contributed by atoms with Crippen molar-refractivity contribution in [3.8, 4) is 22.6 Å². The van der Waals surface area contributed by atoms with Gasteiger partial charge in [0.2, 0.25) is 0 Å². The van der Waals surface area contributed by atoms with Gasteiger partial charge < -0.3 is 4.42 Å². The summed E-state index contributed by atoms with van der Waals surface area (Å²) in [6.07, 6.45) is 0. The zero-order chi connectivity index (χ0) is 28.8. The number of nitrogens with zero attached hydrogens (tertiary/aromatic N) is 2. The molecule has 0 amide bonds. The number of hydrogen-bond acceptors (Lipinski definition) is 4. The largest absolute Gasteiger partial charge is 0.456 e. The Labute approximate surface area is 255 Å². The van der Waals surface area contributed by atoms with Gasteiger partial charge in [0.15, 0.2) is 5.82 Å². The standard InChI is InChI=1S/C40H22N2OS/c1-2-11-27-25(9-1)26-10-3-4-12-28(26)33-21-24(18-19-29(27)33)40-41-37(39-38(42-40)32-14-6-8-16-36(32)44-39)23-17-20-31-30-13-5-7-15-34(30)43-35(31)22-23/h1-22H. The summed E-state index contributed by atoms with van der Waals surface area (Å²) in [6, 6.07) is 47.2. The summed E-state index contributed by atoms with van der Waals surface area (Å²) in [5.41, 5.74) is 5.69. The molecule has 0 fully saturated rings. The van der Waals surface area contributed by atoms with E-state index in [0.717, 1.165) is 60.2 Å². The number of hydrogen-bond donors (Lipinski definition) is 0. The molecule has 0 aliphatic heterocycles. The van der Waals surface area contributed by atoms with Crippen LogP contribution in [0.3, 0.4) is 0 Å². The average Bonchev–Trinajstić information content (AvgIpc) is 3.66. The molecule has 0 saturated carbocycles. The van der Waals surface area contributed by atoms with Crippen molar-refractivity contribution >= 4 is 85.9 Å². The van der Waals surface area contributed by atoms with E-state index >= 15 is 0 Å². The molecule has 0 spiro atoms. The summed E-state index contributed by atoms with van der Waals surface area (Å²) in [5, 5.41) is 10.9. The molecule has 10 aromatic rings. The molecule has 7 aromatic carbocycles. The normalized spacial score (nSPS) is 12.1. The van der Waals surface area contributed by atoms with E-state index in [1.165, 1.54) is 37.0 Å². The summed E-state index contributed by atoms with van der Waals surface area (Å²) in [7, 11) is 0. The highest BCUT2D eigenvalue weighted by atomic mass is 32.1. The highest BCUT2D eigenvalue weighted by Crippen LogP contribution is 2.42. The van der Waals surface area contributed by atoms with E-state index in [4.69, 9.17) is 14.4 Å². The predicted octanol–water partition coefficient (Wildman–Crippen LogP) is 11.5. The topological polar surface area (TPSA) is 38.9 Å². The van der Waals surface area contributed by atoms with Gasteiger partial charge in [-0.15, -0.1) is 11.3 Å². The molecule has 44 heavy (non-hydrogen) atoms. The Morgan fingerprint density at radius 1 is 0.432 bits per heavy atom. The third kappa shape index (κ3) is 3.37. The van der Waals surface area contributed by atoms with Crippen molar-refractivity contribution in [2.75, 3.05) is 0 Å². The number of benzene rings is 7. The third-order valence-electron chi connectivity index (χ3n) is 8.87. The van der Waals surface area contributed by atoms with Gasteiger partial charge in [-0.3, -0.25) is 0 Å². The average molecular weight is 579 g/mol. The van der Waals surface area contributed by atoms with Gasteiger partial charge in [0.25, 0.3) is 0 Å². The van der Waals surface area contributed by atoms with Crippen LogP contribution in [0, 0.1) is 0 Å². The minimum atomic E-state index is 0.722. The zero-order valence-corrected chi connectivity index (χ0v) is 24.2. The summed E-state index contributed by atoms with van der Waals surface area (Å²) in [4.78, 5) is 10.5. The fraction of sp³-hybridized carbons (Fsp3) is 0. The van der Waals surface area contributed by atoms with Crippen molar-refractivity contribution in [1.29, 1.82) is 0 Å². The lowest BCUT2D eigenvalue weighted by Gasteiger charge is -2.12. The number of thiophene rings is 1. The maximum Gasteiger partial charge on any atom is 0.160 e. The molecule has 0 aliphatic rings. The first-order valence-electron chi connectivity index (χ1n) is 14.7. The van der Waals surface area contributed by atoms with E-state index in [0.29, 0.717) is 0 Å². The highest BCUT2D eigenvalue weighted by molar-refractivity contribution is 7.26. The number of para-hydroxylation sites is 1. The van der Waals surface area contributed by atoms with Gasteiger partial charge in [-0.2, -0.15) is 0 Å². The second-order valence-electron chi connectivity index (χ2n) is 11.3. The van der Waals surface area contributed by atoms with E-state index in [9.17, 15) is 0 Å². The van der Waals surface area contributed by atoms with E-state index in [1.807, 2.05) is 12.1 Å². The van der Waals surface area contributed by atoms with Crippen molar-refractivity contribution in [3.63, 3.8) is 0 Å². The number of aromatic nitrogens is 2. The predicted molar refractivity (Wildman–Crippen MR) is 186 cm³/mol. The molecule has 3 heterocycles. The third-order valence-corrected chi connectivity index (χ3v) is 10.0. The molecule has 0 N–H and O–H groups in total. The molecule has 0 bridgehead atoms. The summed E-state index contributed by atoms with van der Waals surface area (Å²) < 4.78 is 8.58. The number of rotatable bonds is 2. The quantitative estimate of drug-likeness (QED) is 0.192. The highest BCUT2D eigenvalue weighted by Gasteiger charge is 2.19. The molecule has 3 aromatic heterocycles. The molecule has 204 valence electrons. The van der Waals surface area contributed by atoms with Crippen LogP contribution < -0.4 is 0 Å². The molecule has 0 saturated heterocycles. The lowest BCUT2D eigenvalue weighted by molar-refractivity contribution is 0.669. The Morgan fingerprint density at radius 3 is 1.77 bits per heavy atom. The van der Waals surface area contributed by atoms with Crippen LogP contribution in [0.25, 0.3) is 97.2 Å². The molecule has 0 atom stereocenters. The Balaban J connectivity index is 1.26. The molecule has 0 unspecified atom stereocenters. The van der Waals surface area contributed by atoms with E-state index in [2.05, 4.69) is 121 Å². The van der Waals surface area contributed by atoms with Crippen LogP contribution in [0.15, 0.2) is 138 Å². The van der Waals surface area contributed by atoms with Crippen molar-refractivity contribution in [3.05, 3.63) is 133 Å². The van der Waals surface area contributed by atoms with Crippen LogP contribution >= 0.6 is 11.3 Å². The molecule has 0 aliphatic carbocycles. The Bertz CT molecular complexity index is 2750. The zero-order valence-electron chi connectivity index (χ0n) is 23.4. The number of fused-ring (bicyclic) bond motifs is 12. The van der Waals surface area contributed by atoms with Gasteiger partial charge in [0.05, 0.1) is 15.9 Å². The van der Waals surface area contributed by atoms with E-state index in [1.54, 1.807) is 11.3 Å². The fourth-order valence-electron chi connectivity index (χ4n) is 6.84. The van der Waals surface area contributed by atoms with Gasteiger partial charge >= 0.3 is 0 Å². The van der Waals surface area contributed by atoms with Gasteiger partial charge in [0.1, 0.15) is 11.2 Å². The lowest BCUT2D eigenvalue weighted by Crippen LogP contribution is -1.94. The maximum atomic E-state index is 6.28. The lowest BCUT2D eigenvalue weighted by atomic mass is 9.93. The second-order valence-corrected chi connectivity index (χ2v) is 12.4. The minimum Gasteiger partial charge on any atom is -0.456 e. The molecular formula is C40H22N2OS. The van der Waals surface area contributed by atoms with Crippen LogP contribution in [0.2, 0.25) is 0 Å². The Morgan fingerprint density at radius 2 is 1.00 bits per heavy atom. The number of furan rings is 1. The van der Waals surface area contributed by atoms with Crippen LogP contribution in [-0.2, 0) is 0 Å². The minimum absolute atomic E-state index is 0.722. The summed E-state index contributed by atoms with van der Waals surface area (Å²) in [5.74, 6) is 0.722. The van der Waals surface area contributed by atoms with Crippen LogP contribution in [0.4, 0.5) is 0 Å². The van der Waals surface area contributed by atoms with E-state index in [-0.39, 0.29) is 0 Å². The first-order chi connectivity index (χ1) is 21.8. The van der Waals surface area contributed by atoms with Gasteiger partial charge in [0, 0.05) is 32.0 Å². The maximum absolute atomic E-state index is 6.28. The monoisotopic (exact) mass is 578 g/mol. The molecular weight excluding hydrogens is 557 g/mol. The second kappa shape index (κ2) is 8.96. The van der Waals surface area contributed by atoms with Gasteiger partial charge in [-0.1, -0.05) is 103 Å². The summed E-state index contributed by atoms with van der Waals surface area (Å²) >= 11 is 1.75. The van der Waals surface area contributed by atoms with Crippen molar-refractivity contribution in [1.82, 2.24) is 9.97 Å². The molecule has 10 rings (SSSR count). The first-order valence-corrected chi connectivity index (χ1v) is 15.6. The van der Waals surface area contributed by atoms with Crippen molar-refractivity contribution in [2.24, 2.45) is 0 Å². The van der Waals surface area contributed by atoms with Gasteiger partial charge in [-0.25, -0.2) is 9.97 Å². The SMILES string of the molecule is c1ccc2c(c1)oc1cc(-c3nc(-c4ccc5c6ccccc6c6ccccc6c5c4)nc4c3sc3ccccc34)ccc12. The van der Waals surface area contributed by atoms with Crippen molar-refractivity contribution < 1.29 is 4.42 Å². The smallest absolute Gasteiger partial charge is 0.160 e. The van der Waals surface area contributed by atoms with Crippen LogP contribution in [0.5, 0.6) is 0 Å². The van der Waals surface area contributed by atoms with E-state index < -0.39 is 0 Å². The Hall–Kier alpha value is -5.58. The summed E-state index contributed by atoms with van der Waals surface area (Å²) in [6.45, 7) is 0. The van der Waals surface area contributed by atoms with Crippen LogP contribution in [0.1, 0.15) is 0 Å². The molecule has 4 heteroatoms.